The van der Waals surface area contributed by atoms with Crippen LogP contribution in [0.4, 0.5) is 0 Å². The van der Waals surface area contributed by atoms with Crippen molar-refractivity contribution in [3.8, 4) is 0 Å². The molecule has 8 heteroatoms. The van der Waals surface area contributed by atoms with Gasteiger partial charge in [0.05, 0.1) is 5.09 Å². The van der Waals surface area contributed by atoms with E-state index in [0.29, 0.717) is 5.01 Å². The SMILES string of the molecule is CC(O)[NH+]1C=NC=N1.O=[N+]([O-])[O-]. The van der Waals surface area contributed by atoms with Crippen LogP contribution >= 0.6 is 0 Å². The second-order valence-corrected chi connectivity index (χ2v) is 1.85. The van der Waals surface area contributed by atoms with E-state index in [4.69, 9.17) is 20.4 Å². The number of nitrogens with one attached hydrogen (secondary N) is 1. The van der Waals surface area contributed by atoms with E-state index >= 15 is 0 Å². The van der Waals surface area contributed by atoms with Crippen LogP contribution in [0.3, 0.4) is 0 Å². The molecule has 0 fully saturated rings. The number of rotatable bonds is 1. The molecule has 0 radical (unpaired) electrons. The molecule has 0 aromatic heterocycles. The number of aliphatic imine (C=N–C) groups is 1. The predicted molar refractivity (Wildman–Crippen MR) is 40.0 cm³/mol. The summed E-state index contributed by atoms with van der Waals surface area (Å²) in [6.45, 7) is 1.66. The van der Waals surface area contributed by atoms with Crippen LogP contribution < -0.4 is 5.01 Å². The van der Waals surface area contributed by atoms with Crippen molar-refractivity contribution in [2.45, 2.75) is 13.2 Å². The minimum absolute atomic E-state index is 0.488. The van der Waals surface area contributed by atoms with E-state index in [0.717, 1.165) is 0 Å². The van der Waals surface area contributed by atoms with Crippen molar-refractivity contribution in [2.75, 3.05) is 0 Å². The number of hydrogen-bond acceptors (Lipinski definition) is 6. The average molecular weight is 176 g/mol. The summed E-state index contributed by atoms with van der Waals surface area (Å²) in [5, 5.41) is 27.9. The topological polar surface area (TPSA) is 116 Å². The van der Waals surface area contributed by atoms with Crippen molar-refractivity contribution in [1.82, 2.24) is 0 Å². The molecule has 0 bridgehead atoms. The van der Waals surface area contributed by atoms with Gasteiger partial charge in [-0.3, -0.25) is 0 Å². The molecule has 0 aromatic carbocycles. The zero-order chi connectivity index (χ0) is 9.56. The van der Waals surface area contributed by atoms with E-state index in [1.54, 1.807) is 13.3 Å². The molecule has 2 unspecified atom stereocenters. The molecule has 2 atom stereocenters. The molecule has 2 N–H and O–H groups in total. The maximum absolute atomic E-state index is 8.81. The second kappa shape index (κ2) is 5.16. The molecule has 0 saturated heterocycles. The number of hydrogen-bond donors (Lipinski definition) is 2. The van der Waals surface area contributed by atoms with Gasteiger partial charge in [-0.15, -0.1) is 5.01 Å². The second-order valence-electron chi connectivity index (χ2n) is 1.85. The Bertz CT molecular complexity index is 185. The third-order valence-corrected chi connectivity index (χ3v) is 0.908. The molecule has 1 aliphatic heterocycles. The summed E-state index contributed by atoms with van der Waals surface area (Å²) in [6.07, 6.45) is 2.48. The maximum atomic E-state index is 8.81. The third-order valence-electron chi connectivity index (χ3n) is 0.908. The number of nitrogens with zero attached hydrogens (tertiary/aromatic N) is 3. The molecule has 0 aromatic rings. The zero-order valence-corrected chi connectivity index (χ0v) is 6.25. The molecule has 12 heavy (non-hydrogen) atoms. The van der Waals surface area contributed by atoms with Crippen LogP contribution in [0.2, 0.25) is 0 Å². The number of aliphatic hydroxyl groups excluding tert-OH is 1. The highest BCUT2D eigenvalue weighted by atomic mass is 16.9. The largest absolute Gasteiger partial charge is 0.356 e. The molecule has 1 rings (SSSR count). The normalized spacial score (nSPS) is 21.3. The Morgan fingerprint density at radius 1 is 1.67 bits per heavy atom. The van der Waals surface area contributed by atoms with Crippen LogP contribution in [0.1, 0.15) is 6.92 Å². The molecule has 0 amide bonds. The first-order chi connectivity index (χ1) is 5.54. The lowest BCUT2D eigenvalue weighted by molar-refractivity contribution is -0.856. The molecular formula is C4H8N4O4. The fourth-order valence-electron chi connectivity index (χ4n) is 0.459. The van der Waals surface area contributed by atoms with Crippen molar-refractivity contribution < 1.29 is 15.2 Å². The zero-order valence-electron chi connectivity index (χ0n) is 6.25. The fourth-order valence-corrected chi connectivity index (χ4v) is 0.459. The Kier molecular flexibility index (Phi) is 4.49. The van der Waals surface area contributed by atoms with E-state index in [9.17, 15) is 0 Å². The molecule has 0 saturated carbocycles. The van der Waals surface area contributed by atoms with E-state index in [1.165, 1.54) is 6.34 Å². The molecule has 1 heterocycles. The smallest absolute Gasteiger partial charge is 0.218 e. The van der Waals surface area contributed by atoms with Crippen LogP contribution in [0.5, 0.6) is 0 Å². The predicted octanol–water partition coefficient (Wildman–Crippen LogP) is -2.04. The van der Waals surface area contributed by atoms with Gasteiger partial charge in [0.25, 0.3) is 0 Å². The molecule has 8 nitrogen and oxygen atoms in total. The van der Waals surface area contributed by atoms with E-state index in [1.807, 2.05) is 0 Å². The van der Waals surface area contributed by atoms with Gasteiger partial charge in [0.1, 0.15) is 0 Å². The highest BCUT2D eigenvalue weighted by Gasteiger charge is 2.12. The minimum Gasteiger partial charge on any atom is -0.356 e. The molecule has 1 aliphatic rings. The minimum atomic E-state index is -1.75. The highest BCUT2D eigenvalue weighted by Crippen LogP contribution is 1.66. The monoisotopic (exact) mass is 176 g/mol. The van der Waals surface area contributed by atoms with Gasteiger partial charge in [0.15, 0.2) is 6.34 Å². The number of aliphatic hydroxyl groups is 1. The Hall–Kier alpha value is -1.54. The van der Waals surface area contributed by atoms with Gasteiger partial charge in [-0.25, -0.2) is 0 Å². The van der Waals surface area contributed by atoms with Crippen molar-refractivity contribution in [3.05, 3.63) is 15.3 Å². The van der Waals surface area contributed by atoms with E-state index in [2.05, 4.69) is 10.1 Å². The first-order valence-electron chi connectivity index (χ1n) is 2.96. The summed E-state index contributed by atoms with van der Waals surface area (Å²) >= 11 is 0. The first-order valence-corrected chi connectivity index (χ1v) is 2.96. The van der Waals surface area contributed by atoms with Crippen molar-refractivity contribution in [2.24, 2.45) is 10.1 Å². The summed E-state index contributed by atoms with van der Waals surface area (Å²) in [6, 6.07) is 0. The summed E-state index contributed by atoms with van der Waals surface area (Å²) in [5.74, 6) is 0. The molecule has 68 valence electrons. The Balaban J connectivity index is 0.000000261. The third kappa shape index (κ3) is 5.26. The van der Waals surface area contributed by atoms with Gasteiger partial charge in [-0.05, 0) is 0 Å². The summed E-state index contributed by atoms with van der Waals surface area (Å²) in [7, 11) is 0. The quantitative estimate of drug-likeness (QED) is 0.353. The van der Waals surface area contributed by atoms with Gasteiger partial charge in [-0.2, -0.15) is 4.99 Å². The van der Waals surface area contributed by atoms with Gasteiger partial charge >= 0.3 is 0 Å². The standard InChI is InChI=1S/C4H7N3O.NO3/c1-4(8)7-3-5-2-6-7;2-1(3)4/h2-4,8H,1H3;/q;-1/p+1. The van der Waals surface area contributed by atoms with Crippen LogP contribution in [-0.2, 0) is 0 Å². The lowest BCUT2D eigenvalue weighted by Gasteiger charge is -2.03. The average Bonchev–Trinajstić information content (AvgIpc) is 2.34. The Morgan fingerprint density at radius 2 is 2.17 bits per heavy atom. The maximum Gasteiger partial charge on any atom is 0.218 e. The van der Waals surface area contributed by atoms with Gasteiger partial charge < -0.3 is 20.4 Å². The summed E-state index contributed by atoms with van der Waals surface area (Å²) in [4.78, 5) is 11.9. The van der Waals surface area contributed by atoms with Gasteiger partial charge in [0, 0.05) is 6.92 Å². The van der Waals surface area contributed by atoms with Crippen molar-refractivity contribution in [1.29, 1.82) is 0 Å². The Morgan fingerprint density at radius 3 is 2.33 bits per heavy atom. The van der Waals surface area contributed by atoms with Gasteiger partial charge in [-0.1, -0.05) is 5.10 Å². The van der Waals surface area contributed by atoms with Crippen LogP contribution in [-0.4, -0.2) is 29.1 Å². The summed E-state index contributed by atoms with van der Waals surface area (Å²) < 4.78 is 0. The van der Waals surface area contributed by atoms with Crippen LogP contribution in [0.25, 0.3) is 0 Å². The molecule has 0 aliphatic carbocycles. The fraction of sp³-hybridized carbons (Fsp3) is 0.500. The van der Waals surface area contributed by atoms with E-state index < -0.39 is 11.3 Å². The molecule has 0 spiro atoms. The lowest BCUT2D eigenvalue weighted by atomic mass is 10.6. The van der Waals surface area contributed by atoms with Crippen molar-refractivity contribution >= 4 is 12.7 Å². The van der Waals surface area contributed by atoms with Crippen molar-refractivity contribution in [3.63, 3.8) is 0 Å². The van der Waals surface area contributed by atoms with E-state index in [-0.39, 0.29) is 0 Å². The lowest BCUT2D eigenvalue weighted by Crippen LogP contribution is -3.09. The molecular weight excluding hydrogens is 168 g/mol. The van der Waals surface area contributed by atoms with Gasteiger partial charge in [0.2, 0.25) is 12.6 Å². The van der Waals surface area contributed by atoms with Crippen LogP contribution in [0.15, 0.2) is 10.1 Å². The van der Waals surface area contributed by atoms with Crippen LogP contribution in [0, 0.1) is 15.3 Å². The highest BCUT2D eigenvalue weighted by molar-refractivity contribution is 5.69. The number of quaternary nitrogens is 1. The Labute approximate surface area is 67.6 Å². The first kappa shape index (κ1) is 10.5. The summed E-state index contributed by atoms with van der Waals surface area (Å²) in [5.41, 5.74) is 0.